The first-order chi connectivity index (χ1) is 14.3. The molecule has 1 amide bonds. The van der Waals surface area contributed by atoms with Crippen LogP contribution in [0.5, 0.6) is 0 Å². The first-order valence-corrected chi connectivity index (χ1v) is 11.2. The number of aromatic nitrogens is 2. The number of carbonyl (C=O) groups excluding carboxylic acids is 1. The lowest BCUT2D eigenvalue weighted by molar-refractivity contribution is -0.116. The maximum atomic E-state index is 13.4. The number of allylic oxidation sites excluding steroid dienone is 1. The average Bonchev–Trinajstić information content (AvgIpc) is 2.71. The summed E-state index contributed by atoms with van der Waals surface area (Å²) in [5, 5.41) is 4.05. The molecule has 3 aromatic rings. The fraction of sp³-hybridized carbons (Fsp3) is 0.261. The summed E-state index contributed by atoms with van der Waals surface area (Å²) in [5.74, 6) is 0.612. The Morgan fingerprint density at radius 3 is 2.60 bits per heavy atom. The molecule has 0 saturated carbocycles. The number of benzene rings is 2. The van der Waals surface area contributed by atoms with Gasteiger partial charge in [-0.15, -0.1) is 6.58 Å². The van der Waals surface area contributed by atoms with Crippen LogP contribution in [0.25, 0.3) is 16.6 Å². The van der Waals surface area contributed by atoms with E-state index in [1.165, 1.54) is 0 Å². The molecule has 0 saturated heterocycles. The molecule has 0 spiro atoms. The topological polar surface area (TPSA) is 64.0 Å². The lowest BCUT2D eigenvalue weighted by Crippen LogP contribution is -2.25. The van der Waals surface area contributed by atoms with Crippen molar-refractivity contribution in [3.63, 3.8) is 0 Å². The van der Waals surface area contributed by atoms with E-state index in [0.717, 1.165) is 22.1 Å². The van der Waals surface area contributed by atoms with Gasteiger partial charge in [0.05, 0.1) is 25.8 Å². The third kappa shape index (κ3) is 4.75. The quantitative estimate of drug-likeness (QED) is 0.227. The van der Waals surface area contributed by atoms with Gasteiger partial charge in [-0.25, -0.2) is 4.98 Å². The van der Waals surface area contributed by atoms with Gasteiger partial charge in [0.1, 0.15) is 5.82 Å². The lowest BCUT2D eigenvalue weighted by atomic mass is 10.1. The number of nitrogens with one attached hydrogen (secondary N) is 1. The van der Waals surface area contributed by atoms with Crippen LogP contribution in [0.2, 0.25) is 5.02 Å². The number of halogens is 2. The number of amides is 1. The predicted molar refractivity (Wildman–Crippen MR) is 132 cm³/mol. The smallest absolute Gasteiger partial charge is 0.266 e. The second kappa shape index (κ2) is 9.75. The Morgan fingerprint density at radius 2 is 1.97 bits per heavy atom. The Balaban J connectivity index is 2.10. The molecule has 0 aliphatic rings. The predicted octanol–water partition coefficient (Wildman–Crippen LogP) is 6.06. The number of anilines is 1. The first kappa shape index (κ1) is 22.5. The third-order valence-electron chi connectivity index (χ3n) is 4.69. The van der Waals surface area contributed by atoms with Crippen LogP contribution in [0.4, 0.5) is 5.69 Å². The average molecular weight is 536 g/mol. The van der Waals surface area contributed by atoms with E-state index >= 15 is 0 Å². The van der Waals surface area contributed by atoms with Crippen LogP contribution < -0.4 is 10.9 Å². The largest absolute Gasteiger partial charge is 0.325 e. The van der Waals surface area contributed by atoms with Crippen LogP contribution >= 0.6 is 34.2 Å². The summed E-state index contributed by atoms with van der Waals surface area (Å²) < 4.78 is 2.39. The van der Waals surface area contributed by atoms with Crippen molar-refractivity contribution in [1.82, 2.24) is 9.55 Å². The Morgan fingerprint density at radius 1 is 1.27 bits per heavy atom. The molecule has 0 aliphatic carbocycles. The normalized spacial score (nSPS) is 11.1. The number of hydrogen-bond donors (Lipinski definition) is 1. The molecule has 0 fully saturated rings. The minimum atomic E-state index is -0.146. The molecule has 0 bridgehead atoms. The van der Waals surface area contributed by atoms with Crippen molar-refractivity contribution in [1.29, 1.82) is 0 Å². The van der Waals surface area contributed by atoms with Crippen LogP contribution in [0.3, 0.4) is 0 Å². The minimum absolute atomic E-state index is 0.0192. The highest BCUT2D eigenvalue weighted by Crippen LogP contribution is 2.28. The standard InChI is InChI=1S/C23H23ClIN3O2/c1-4-5-6-7-19(29)26-18-13-12-17-21(20(18)25)27-22(14(2)3)28(23(17)30)16-10-8-15(24)9-11-16/h4,8-14H,1,5-7H2,2-3H3,(H,26,29). The monoisotopic (exact) mass is 535 g/mol. The van der Waals surface area contributed by atoms with Crippen molar-refractivity contribution in [3.8, 4) is 5.69 Å². The van der Waals surface area contributed by atoms with Crippen molar-refractivity contribution in [2.24, 2.45) is 0 Å². The summed E-state index contributed by atoms with van der Waals surface area (Å²) >= 11 is 8.16. The van der Waals surface area contributed by atoms with Crippen molar-refractivity contribution < 1.29 is 4.79 Å². The maximum absolute atomic E-state index is 13.4. The Hall–Kier alpha value is -2.19. The summed E-state index contributed by atoms with van der Waals surface area (Å²) in [7, 11) is 0. The SMILES string of the molecule is C=CCCCC(=O)Nc1ccc2c(=O)n(-c3ccc(Cl)cc3)c(C(C)C)nc2c1I. The number of rotatable bonds is 7. The van der Waals surface area contributed by atoms with Crippen molar-refractivity contribution in [3.05, 3.63) is 73.8 Å². The van der Waals surface area contributed by atoms with E-state index in [9.17, 15) is 9.59 Å². The maximum Gasteiger partial charge on any atom is 0.266 e. The molecule has 7 heteroatoms. The van der Waals surface area contributed by atoms with E-state index in [2.05, 4.69) is 34.5 Å². The highest BCUT2D eigenvalue weighted by Gasteiger charge is 2.18. The van der Waals surface area contributed by atoms with Crippen molar-refractivity contribution >= 4 is 56.7 Å². The number of hydrogen-bond acceptors (Lipinski definition) is 3. The molecule has 0 unspecified atom stereocenters. The molecular formula is C23H23ClIN3O2. The molecule has 1 heterocycles. The van der Waals surface area contributed by atoms with Gasteiger partial charge in [0.15, 0.2) is 0 Å². The van der Waals surface area contributed by atoms with E-state index in [-0.39, 0.29) is 17.4 Å². The minimum Gasteiger partial charge on any atom is -0.325 e. The zero-order chi connectivity index (χ0) is 21.8. The zero-order valence-corrected chi connectivity index (χ0v) is 19.8. The summed E-state index contributed by atoms with van der Waals surface area (Å²) in [5.41, 5.74) is 1.83. The molecule has 0 aliphatic heterocycles. The van der Waals surface area contributed by atoms with E-state index in [0.29, 0.717) is 33.9 Å². The van der Waals surface area contributed by atoms with Gasteiger partial charge in [0.25, 0.3) is 5.56 Å². The molecule has 30 heavy (non-hydrogen) atoms. The molecule has 156 valence electrons. The van der Waals surface area contributed by atoms with Crippen LogP contribution in [0.1, 0.15) is 44.9 Å². The van der Waals surface area contributed by atoms with Crippen LogP contribution in [-0.2, 0) is 4.79 Å². The van der Waals surface area contributed by atoms with Crippen LogP contribution in [-0.4, -0.2) is 15.5 Å². The number of fused-ring (bicyclic) bond motifs is 1. The third-order valence-corrected chi connectivity index (χ3v) is 6.04. The van der Waals surface area contributed by atoms with E-state index < -0.39 is 0 Å². The van der Waals surface area contributed by atoms with Crippen molar-refractivity contribution in [2.75, 3.05) is 5.32 Å². The van der Waals surface area contributed by atoms with E-state index in [1.807, 2.05) is 26.0 Å². The van der Waals surface area contributed by atoms with Gasteiger partial charge in [-0.05, 0) is 71.8 Å². The summed E-state index contributed by atoms with van der Waals surface area (Å²) in [4.78, 5) is 30.5. The zero-order valence-electron chi connectivity index (χ0n) is 16.9. The Labute approximate surface area is 194 Å². The van der Waals surface area contributed by atoms with Gasteiger partial charge < -0.3 is 5.32 Å². The summed E-state index contributed by atoms with van der Waals surface area (Å²) in [6, 6.07) is 10.6. The van der Waals surface area contributed by atoms with E-state index in [1.54, 1.807) is 34.9 Å². The Bertz CT molecular complexity index is 1150. The highest BCUT2D eigenvalue weighted by molar-refractivity contribution is 14.1. The fourth-order valence-corrected chi connectivity index (χ4v) is 4.03. The Kier molecular flexibility index (Phi) is 7.31. The van der Waals surface area contributed by atoms with Crippen molar-refractivity contribution in [2.45, 2.75) is 39.0 Å². The molecule has 5 nitrogen and oxygen atoms in total. The highest BCUT2D eigenvalue weighted by atomic mass is 127. The van der Waals surface area contributed by atoms with Gasteiger partial charge in [-0.2, -0.15) is 0 Å². The first-order valence-electron chi connectivity index (χ1n) is 9.75. The molecule has 0 atom stereocenters. The van der Waals surface area contributed by atoms with Gasteiger partial charge in [-0.1, -0.05) is 31.5 Å². The van der Waals surface area contributed by atoms with Crippen LogP contribution in [0.15, 0.2) is 53.8 Å². The molecule has 1 aromatic heterocycles. The van der Waals surface area contributed by atoms with Gasteiger partial charge in [0, 0.05) is 17.4 Å². The molecular weight excluding hydrogens is 513 g/mol. The fourth-order valence-electron chi connectivity index (χ4n) is 3.18. The summed E-state index contributed by atoms with van der Waals surface area (Å²) in [6.45, 7) is 7.67. The second-order valence-corrected chi connectivity index (χ2v) is 8.81. The number of carbonyl (C=O) groups is 1. The van der Waals surface area contributed by atoms with Gasteiger partial charge in [0.2, 0.25) is 5.91 Å². The van der Waals surface area contributed by atoms with Crippen LogP contribution in [0, 0.1) is 3.57 Å². The van der Waals surface area contributed by atoms with Gasteiger partial charge >= 0.3 is 0 Å². The lowest BCUT2D eigenvalue weighted by Gasteiger charge is -2.17. The van der Waals surface area contributed by atoms with E-state index in [4.69, 9.17) is 16.6 Å². The number of nitrogens with zero attached hydrogens (tertiary/aromatic N) is 2. The molecule has 3 rings (SSSR count). The molecule has 2 aromatic carbocycles. The number of unbranched alkanes of at least 4 members (excludes halogenated alkanes) is 1. The molecule has 0 radical (unpaired) electrons. The summed E-state index contributed by atoms with van der Waals surface area (Å²) in [6.07, 6.45) is 3.77. The second-order valence-electron chi connectivity index (χ2n) is 7.29. The molecule has 1 N–H and O–H groups in total. The van der Waals surface area contributed by atoms with Gasteiger partial charge in [-0.3, -0.25) is 14.2 Å².